The molecule has 308 valence electrons. The van der Waals surface area contributed by atoms with Crippen LogP contribution < -0.4 is 0 Å². The summed E-state index contributed by atoms with van der Waals surface area (Å²) in [4.78, 5) is 20.8. The number of aryl methyl sites for hydroxylation is 8. The Kier molecular flexibility index (Phi) is 14.2. The van der Waals surface area contributed by atoms with Gasteiger partial charge in [0, 0.05) is 28.0 Å². The highest BCUT2D eigenvalue weighted by molar-refractivity contribution is 6.15. The van der Waals surface area contributed by atoms with Crippen LogP contribution in [-0.4, -0.2) is 23.1 Å². The van der Waals surface area contributed by atoms with Crippen molar-refractivity contribution in [3.63, 3.8) is 0 Å². The first kappa shape index (κ1) is 44.0. The van der Waals surface area contributed by atoms with Crippen LogP contribution in [0.3, 0.4) is 0 Å². The van der Waals surface area contributed by atoms with Crippen LogP contribution in [-0.2, 0) is 0 Å². The van der Waals surface area contributed by atoms with Crippen molar-refractivity contribution in [1.82, 2.24) is 0 Å². The third kappa shape index (κ3) is 10.8. The van der Waals surface area contributed by atoms with E-state index in [9.17, 15) is 0 Å². The molecule has 0 aromatic heterocycles. The maximum Gasteiger partial charge on any atom is 0.160 e. The molecule has 0 saturated carbocycles. The second-order valence-corrected chi connectivity index (χ2v) is 16.4. The van der Waals surface area contributed by atoms with Crippen molar-refractivity contribution >= 4 is 34.5 Å². The van der Waals surface area contributed by atoms with Crippen LogP contribution in [0.25, 0.3) is 22.5 Å². The lowest BCUT2D eigenvalue weighted by molar-refractivity contribution is 0.993. The van der Waals surface area contributed by atoms with Crippen LogP contribution in [0, 0.1) is 55.4 Å². The van der Waals surface area contributed by atoms with E-state index in [-0.39, 0.29) is 0 Å². The zero-order valence-corrected chi connectivity index (χ0v) is 37.9. The van der Waals surface area contributed by atoms with Gasteiger partial charge < -0.3 is 0 Å². The molecule has 4 heteroatoms. The molecule has 61 heavy (non-hydrogen) atoms. The fourth-order valence-corrected chi connectivity index (χ4v) is 7.89. The average Bonchev–Trinajstić information content (AvgIpc) is 3.22. The van der Waals surface area contributed by atoms with Gasteiger partial charge in [-0.3, -0.25) is 0 Å². The summed E-state index contributed by atoms with van der Waals surface area (Å²) in [6.45, 7) is 30.1. The van der Waals surface area contributed by atoms with Gasteiger partial charge >= 0.3 is 0 Å². The highest BCUT2D eigenvalue weighted by Crippen LogP contribution is 2.27. The molecule has 0 aliphatic rings. The van der Waals surface area contributed by atoms with Crippen LogP contribution in [0.15, 0.2) is 154 Å². The van der Waals surface area contributed by atoms with Crippen molar-refractivity contribution in [3.05, 3.63) is 212 Å². The molecule has 0 saturated heterocycles. The van der Waals surface area contributed by atoms with E-state index in [4.69, 9.17) is 20.0 Å². The largest absolute Gasteiger partial charge is 0.233 e. The summed E-state index contributed by atoms with van der Waals surface area (Å²) < 4.78 is 0. The Labute approximate surface area is 365 Å². The van der Waals surface area contributed by atoms with E-state index in [1.807, 2.05) is 0 Å². The molecule has 6 aromatic carbocycles. The summed E-state index contributed by atoms with van der Waals surface area (Å²) in [5.41, 5.74) is 21.3. The van der Waals surface area contributed by atoms with Gasteiger partial charge in [0.1, 0.15) is 0 Å². The SMILES string of the molecule is C=C(N=C(N=C(CC)c1ccc(-c2ccc(C(CCC)=NC(=NC(=C)c3ccc(C)cc3C)c3ccc(C)cc3C)cc2)cc1)c1ccc(C)cc1C)c1ccc(C)cc1C. The molecule has 0 aliphatic carbocycles. The van der Waals surface area contributed by atoms with Gasteiger partial charge in [-0.1, -0.05) is 177 Å². The molecular weight excluding hydrogens is 741 g/mol. The normalized spacial score (nSPS) is 12.5. The van der Waals surface area contributed by atoms with Crippen LogP contribution in [0.1, 0.15) is 111 Å². The van der Waals surface area contributed by atoms with Gasteiger partial charge in [0.05, 0.1) is 17.1 Å². The van der Waals surface area contributed by atoms with Gasteiger partial charge in [-0.15, -0.1) is 0 Å². The molecule has 0 spiro atoms. The Morgan fingerprint density at radius 1 is 0.393 bits per heavy atom. The average molecular weight is 801 g/mol. The molecular formula is C57H60N4. The highest BCUT2D eigenvalue weighted by atomic mass is 14.9. The van der Waals surface area contributed by atoms with E-state index in [0.717, 1.165) is 97.4 Å². The molecule has 0 amide bonds. The first-order chi connectivity index (χ1) is 29.2. The Hall–Kier alpha value is -6.52. The maximum absolute atomic E-state index is 5.33. The number of rotatable bonds is 12. The molecule has 0 heterocycles. The standard InChI is InChI=1S/C57H60N4/c1-13-15-55(61-57(53-31-19-39(6)35-43(53)10)59-45(12)51-29-17-37(4)33-41(51)8)49-26-22-47(23-27-49)46-20-24-48(25-21-46)54(14-2)60-56(52-30-18-38(5)34-42(52)9)58-44(11)50-28-16-36(3)32-40(50)7/h16-35H,11-15H2,1-10H3. The molecule has 6 rings (SSSR count). The summed E-state index contributed by atoms with van der Waals surface area (Å²) in [5.74, 6) is 1.35. The topological polar surface area (TPSA) is 49.4 Å². The third-order valence-electron chi connectivity index (χ3n) is 11.2. The maximum atomic E-state index is 5.33. The van der Waals surface area contributed by atoms with Crippen LogP contribution in [0.2, 0.25) is 0 Å². The lowest BCUT2D eigenvalue weighted by Gasteiger charge is -2.13. The predicted molar refractivity (Wildman–Crippen MR) is 265 cm³/mol. The van der Waals surface area contributed by atoms with Gasteiger partial charge in [0.25, 0.3) is 0 Å². The smallest absolute Gasteiger partial charge is 0.160 e. The Morgan fingerprint density at radius 2 is 0.721 bits per heavy atom. The molecule has 0 unspecified atom stereocenters. The second kappa shape index (κ2) is 19.7. The molecule has 0 N–H and O–H groups in total. The van der Waals surface area contributed by atoms with Gasteiger partial charge in [0.2, 0.25) is 0 Å². The van der Waals surface area contributed by atoms with Gasteiger partial charge in [-0.05, 0) is 113 Å². The zero-order chi connectivity index (χ0) is 43.8. The fourth-order valence-electron chi connectivity index (χ4n) is 7.89. The molecule has 4 nitrogen and oxygen atoms in total. The lowest BCUT2D eigenvalue weighted by Crippen LogP contribution is -2.09. The Bertz CT molecular complexity index is 2720. The number of aliphatic imine (C=N–C) groups is 4. The van der Waals surface area contributed by atoms with E-state index in [1.54, 1.807) is 0 Å². The highest BCUT2D eigenvalue weighted by Gasteiger charge is 2.15. The summed E-state index contributed by atoms with van der Waals surface area (Å²) in [6.07, 6.45) is 2.52. The van der Waals surface area contributed by atoms with Crippen LogP contribution in [0.4, 0.5) is 0 Å². The molecule has 6 aromatic rings. The molecule has 0 fully saturated rings. The monoisotopic (exact) mass is 800 g/mol. The summed E-state index contributed by atoms with van der Waals surface area (Å²) in [5, 5.41) is 0. The molecule has 0 atom stereocenters. The molecule has 0 aliphatic heterocycles. The Morgan fingerprint density at radius 3 is 1.05 bits per heavy atom. The minimum absolute atomic E-state index is 0.670. The fraction of sp³-hybridized carbons (Fsp3) is 0.228. The second-order valence-electron chi connectivity index (χ2n) is 16.4. The van der Waals surface area contributed by atoms with Crippen LogP contribution in [0.5, 0.6) is 0 Å². The van der Waals surface area contributed by atoms with Gasteiger partial charge in [-0.25, -0.2) is 20.0 Å². The van der Waals surface area contributed by atoms with E-state index >= 15 is 0 Å². The minimum Gasteiger partial charge on any atom is -0.233 e. The number of amidine groups is 2. The van der Waals surface area contributed by atoms with E-state index in [1.165, 1.54) is 22.3 Å². The summed E-state index contributed by atoms with van der Waals surface area (Å²) in [7, 11) is 0. The van der Waals surface area contributed by atoms with Gasteiger partial charge in [0.15, 0.2) is 11.7 Å². The summed E-state index contributed by atoms with van der Waals surface area (Å²) in [6, 6.07) is 43.1. The lowest BCUT2D eigenvalue weighted by atomic mass is 9.98. The zero-order valence-electron chi connectivity index (χ0n) is 37.9. The van der Waals surface area contributed by atoms with Crippen molar-refractivity contribution in [3.8, 4) is 11.1 Å². The van der Waals surface area contributed by atoms with E-state index in [2.05, 4.69) is 204 Å². The molecule has 0 bridgehead atoms. The molecule has 0 radical (unpaired) electrons. The van der Waals surface area contributed by atoms with E-state index < -0.39 is 0 Å². The number of hydrogen-bond donors (Lipinski definition) is 0. The van der Waals surface area contributed by atoms with Crippen molar-refractivity contribution in [2.24, 2.45) is 20.0 Å². The number of nitrogens with zero attached hydrogens (tertiary/aromatic N) is 4. The Balaban J connectivity index is 1.32. The first-order valence-corrected chi connectivity index (χ1v) is 21.5. The van der Waals surface area contributed by atoms with Crippen LogP contribution >= 0.6 is 0 Å². The van der Waals surface area contributed by atoms with E-state index in [0.29, 0.717) is 23.1 Å². The number of benzene rings is 6. The van der Waals surface area contributed by atoms with Crippen molar-refractivity contribution in [1.29, 1.82) is 0 Å². The summed E-state index contributed by atoms with van der Waals surface area (Å²) >= 11 is 0. The van der Waals surface area contributed by atoms with Crippen molar-refractivity contribution < 1.29 is 0 Å². The first-order valence-electron chi connectivity index (χ1n) is 21.5. The number of hydrogen-bond acceptors (Lipinski definition) is 2. The minimum atomic E-state index is 0.670. The van der Waals surface area contributed by atoms with Crippen molar-refractivity contribution in [2.75, 3.05) is 0 Å². The third-order valence-corrected chi connectivity index (χ3v) is 11.2. The predicted octanol–water partition coefficient (Wildman–Crippen LogP) is 14.8. The van der Waals surface area contributed by atoms with Gasteiger partial charge in [-0.2, -0.15) is 0 Å². The van der Waals surface area contributed by atoms with Crippen molar-refractivity contribution in [2.45, 2.75) is 88.5 Å². The quantitative estimate of drug-likeness (QED) is 0.0874.